The van der Waals surface area contributed by atoms with Gasteiger partial charge in [-0.1, -0.05) is 0 Å². The first-order chi connectivity index (χ1) is 14.3. The van der Waals surface area contributed by atoms with E-state index in [-0.39, 0.29) is 11.5 Å². The molecule has 0 bridgehead atoms. The molecule has 5 heterocycles. The van der Waals surface area contributed by atoms with Crippen LogP contribution in [0.15, 0.2) is 36.7 Å². The summed E-state index contributed by atoms with van der Waals surface area (Å²) in [6, 6.07) is 8.63. The molecule has 2 saturated heterocycles. The van der Waals surface area contributed by atoms with Gasteiger partial charge in [0.05, 0.1) is 24.6 Å². The van der Waals surface area contributed by atoms with Gasteiger partial charge in [-0.25, -0.2) is 4.98 Å². The van der Waals surface area contributed by atoms with E-state index in [1.54, 1.807) is 0 Å². The summed E-state index contributed by atoms with van der Waals surface area (Å²) in [5.41, 5.74) is 2.37. The van der Waals surface area contributed by atoms with Crippen LogP contribution >= 0.6 is 0 Å². The number of hydrogen-bond acceptors (Lipinski definition) is 4. The number of aromatic nitrogens is 2. The Bertz CT molecular complexity index is 988. The van der Waals surface area contributed by atoms with Crippen molar-refractivity contribution in [1.29, 1.82) is 0 Å². The number of likely N-dealkylation sites (tertiary alicyclic amines) is 1. The molecule has 5 aliphatic rings. The van der Waals surface area contributed by atoms with Gasteiger partial charge in [0.2, 0.25) is 5.91 Å². The maximum absolute atomic E-state index is 13.3. The zero-order valence-electron chi connectivity index (χ0n) is 16.5. The van der Waals surface area contributed by atoms with Crippen LogP contribution in [-0.4, -0.2) is 53.2 Å². The average Bonchev–Trinajstić information content (AvgIpc) is 3.44. The van der Waals surface area contributed by atoms with Crippen LogP contribution in [0.3, 0.4) is 0 Å². The van der Waals surface area contributed by atoms with Crippen LogP contribution in [0.5, 0.6) is 0 Å². The molecule has 4 atom stereocenters. The third kappa shape index (κ3) is 2.21. The number of ether oxygens (including phenoxy) is 1. The Labute approximate surface area is 170 Å². The van der Waals surface area contributed by atoms with Crippen LogP contribution < -0.4 is 4.90 Å². The Morgan fingerprint density at radius 1 is 1.21 bits per heavy atom. The smallest absolute Gasteiger partial charge is 0.226 e. The van der Waals surface area contributed by atoms with Crippen molar-refractivity contribution in [2.75, 3.05) is 37.7 Å². The second-order valence-corrected chi connectivity index (χ2v) is 9.60. The van der Waals surface area contributed by atoms with Gasteiger partial charge in [-0.15, -0.1) is 0 Å². The Kier molecular flexibility index (Phi) is 3.19. The Balaban J connectivity index is 1.28. The molecule has 2 aromatic heterocycles. The Morgan fingerprint density at radius 3 is 2.90 bits per heavy atom. The quantitative estimate of drug-likeness (QED) is 0.808. The van der Waals surface area contributed by atoms with E-state index in [9.17, 15) is 4.79 Å². The van der Waals surface area contributed by atoms with Gasteiger partial charge in [0.15, 0.2) is 5.82 Å². The second-order valence-electron chi connectivity index (χ2n) is 9.60. The summed E-state index contributed by atoms with van der Waals surface area (Å²) in [5.74, 6) is 3.31. The van der Waals surface area contributed by atoms with E-state index < -0.39 is 0 Å². The monoisotopic (exact) mass is 390 g/mol. The van der Waals surface area contributed by atoms with Gasteiger partial charge in [-0.05, 0) is 61.3 Å². The van der Waals surface area contributed by atoms with E-state index >= 15 is 0 Å². The lowest BCUT2D eigenvalue weighted by Crippen LogP contribution is -2.53. The van der Waals surface area contributed by atoms with E-state index in [1.807, 2.05) is 12.3 Å². The lowest BCUT2D eigenvalue weighted by Gasteiger charge is -2.47. The number of anilines is 1. The van der Waals surface area contributed by atoms with Crippen LogP contribution in [0.25, 0.3) is 5.82 Å². The fraction of sp³-hybridized carbons (Fsp3) is 0.565. The highest BCUT2D eigenvalue weighted by Gasteiger charge is 2.61. The van der Waals surface area contributed by atoms with Crippen molar-refractivity contribution in [3.05, 3.63) is 42.4 Å². The van der Waals surface area contributed by atoms with Gasteiger partial charge >= 0.3 is 0 Å². The van der Waals surface area contributed by atoms with E-state index in [2.05, 4.69) is 38.8 Å². The van der Waals surface area contributed by atoms with E-state index in [0.29, 0.717) is 17.7 Å². The predicted molar refractivity (Wildman–Crippen MR) is 108 cm³/mol. The summed E-state index contributed by atoms with van der Waals surface area (Å²) in [4.78, 5) is 22.8. The Morgan fingerprint density at radius 2 is 2.07 bits per heavy atom. The zero-order chi connectivity index (χ0) is 19.2. The molecule has 1 amide bonds. The fourth-order valence-electron chi connectivity index (χ4n) is 6.16. The first kappa shape index (κ1) is 16.5. The molecule has 2 aliphatic carbocycles. The van der Waals surface area contributed by atoms with Crippen molar-refractivity contribution in [2.24, 2.45) is 23.7 Å². The summed E-state index contributed by atoms with van der Waals surface area (Å²) in [6.45, 7) is 4.24. The molecule has 0 radical (unpaired) electrons. The topological polar surface area (TPSA) is 50.6 Å². The number of nitrogens with zero attached hydrogens (tertiary/aromatic N) is 4. The molecule has 150 valence electrons. The van der Waals surface area contributed by atoms with E-state index in [4.69, 9.17) is 9.72 Å². The minimum absolute atomic E-state index is 0.141. The second kappa shape index (κ2) is 5.63. The zero-order valence-corrected chi connectivity index (χ0v) is 16.5. The van der Waals surface area contributed by atoms with Gasteiger partial charge in [0.1, 0.15) is 5.54 Å². The molecule has 1 unspecified atom stereocenters. The average molecular weight is 390 g/mol. The molecule has 29 heavy (non-hydrogen) atoms. The maximum Gasteiger partial charge on any atom is 0.226 e. The van der Waals surface area contributed by atoms with Gasteiger partial charge < -0.3 is 19.1 Å². The number of amides is 1. The number of rotatable bonds is 3. The van der Waals surface area contributed by atoms with E-state index in [0.717, 1.165) is 51.0 Å². The molecule has 1 spiro atoms. The highest BCUT2D eigenvalue weighted by Crippen LogP contribution is 2.54. The Hall–Kier alpha value is -2.34. The SMILES string of the molecule is O=C(C1[C@H]2COC[C@@H]12)N1CC[C@]2(C1)c1cccn1-c1ncccc1N2CC1CC1. The summed E-state index contributed by atoms with van der Waals surface area (Å²) in [7, 11) is 0. The minimum atomic E-state index is -0.141. The lowest BCUT2D eigenvalue weighted by molar-refractivity contribution is -0.133. The van der Waals surface area contributed by atoms with Gasteiger partial charge in [0, 0.05) is 37.9 Å². The van der Waals surface area contributed by atoms with Crippen molar-refractivity contribution >= 4 is 11.6 Å². The summed E-state index contributed by atoms with van der Waals surface area (Å²) >= 11 is 0. The third-order valence-corrected chi connectivity index (χ3v) is 7.96. The minimum Gasteiger partial charge on any atom is -0.381 e. The summed E-state index contributed by atoms with van der Waals surface area (Å²) in [5, 5.41) is 0. The predicted octanol–water partition coefficient (Wildman–Crippen LogP) is 2.42. The standard InChI is InChI=1S/C23H26N4O2/c28-22(20-16-12-29-13-17(16)20)25-10-7-23(14-25)19-4-2-9-26(19)21-18(3-1-8-24-21)27(23)11-15-5-6-15/h1-4,8-9,15-17,20H,5-7,10-14H2/t16-,17+,20?,23-/m0/s1. The number of carbonyl (C=O) groups excluding carboxylic acids is 1. The van der Waals surface area contributed by atoms with Gasteiger partial charge in [-0.2, -0.15) is 0 Å². The molecule has 6 nitrogen and oxygen atoms in total. The van der Waals surface area contributed by atoms with Crippen LogP contribution in [0, 0.1) is 23.7 Å². The normalized spacial score (nSPS) is 34.3. The molecule has 2 saturated carbocycles. The largest absolute Gasteiger partial charge is 0.381 e. The highest BCUT2D eigenvalue weighted by atomic mass is 16.5. The van der Waals surface area contributed by atoms with Crippen molar-refractivity contribution in [1.82, 2.24) is 14.5 Å². The highest BCUT2D eigenvalue weighted by molar-refractivity contribution is 5.83. The van der Waals surface area contributed by atoms with Crippen LogP contribution in [0.1, 0.15) is 25.0 Å². The summed E-state index contributed by atoms with van der Waals surface area (Å²) < 4.78 is 7.77. The van der Waals surface area contributed by atoms with Crippen LogP contribution in [0.4, 0.5) is 5.69 Å². The molecular weight excluding hydrogens is 364 g/mol. The first-order valence-electron chi connectivity index (χ1n) is 11.0. The van der Waals surface area contributed by atoms with Gasteiger partial charge in [0.25, 0.3) is 0 Å². The molecular formula is C23H26N4O2. The summed E-state index contributed by atoms with van der Waals surface area (Å²) in [6.07, 6.45) is 7.63. The van der Waals surface area contributed by atoms with E-state index in [1.165, 1.54) is 24.2 Å². The molecule has 6 heteroatoms. The number of hydrogen-bond donors (Lipinski definition) is 0. The van der Waals surface area contributed by atoms with Crippen molar-refractivity contribution in [3.63, 3.8) is 0 Å². The van der Waals surface area contributed by atoms with Crippen molar-refractivity contribution < 1.29 is 9.53 Å². The third-order valence-electron chi connectivity index (χ3n) is 7.96. The molecule has 4 fully saturated rings. The number of carbonyl (C=O) groups is 1. The molecule has 7 rings (SSSR count). The van der Waals surface area contributed by atoms with Crippen molar-refractivity contribution in [2.45, 2.75) is 24.8 Å². The maximum atomic E-state index is 13.3. The van der Waals surface area contributed by atoms with Crippen LogP contribution in [0.2, 0.25) is 0 Å². The number of pyridine rings is 1. The molecule has 0 aromatic carbocycles. The number of fused-ring (bicyclic) bond motifs is 5. The lowest BCUT2D eigenvalue weighted by atomic mass is 9.88. The fourth-order valence-corrected chi connectivity index (χ4v) is 6.16. The van der Waals surface area contributed by atoms with Gasteiger partial charge in [-0.3, -0.25) is 4.79 Å². The van der Waals surface area contributed by atoms with Crippen molar-refractivity contribution in [3.8, 4) is 5.82 Å². The van der Waals surface area contributed by atoms with Crippen LogP contribution in [-0.2, 0) is 15.1 Å². The molecule has 3 aliphatic heterocycles. The molecule has 2 aromatic rings. The molecule has 0 N–H and O–H groups in total. The first-order valence-corrected chi connectivity index (χ1v) is 11.0.